The van der Waals surface area contributed by atoms with E-state index in [2.05, 4.69) is 25.8 Å². The van der Waals surface area contributed by atoms with Crippen molar-refractivity contribution in [3.05, 3.63) is 54.0 Å². The normalized spacial score (nSPS) is 13.1. The minimum atomic E-state index is -0.657. The van der Waals surface area contributed by atoms with Crippen molar-refractivity contribution in [1.29, 1.82) is 0 Å². The predicted molar refractivity (Wildman–Crippen MR) is 134 cm³/mol. The number of likely N-dealkylation sites (N-methyl/N-ethyl adjacent to an activating group) is 1. The van der Waals surface area contributed by atoms with Crippen LogP contribution in [0.4, 0.5) is 17.5 Å². The molecule has 10 nitrogen and oxygen atoms in total. The van der Waals surface area contributed by atoms with Crippen molar-refractivity contribution in [2.75, 3.05) is 24.2 Å². The number of nitrogens with zero attached hydrogens (tertiary/aromatic N) is 5. The maximum atomic E-state index is 12.1. The summed E-state index contributed by atoms with van der Waals surface area (Å²) in [6.45, 7) is 4.22. The van der Waals surface area contributed by atoms with Gasteiger partial charge in [0, 0.05) is 54.1 Å². The van der Waals surface area contributed by atoms with Gasteiger partial charge in [-0.15, -0.1) is 0 Å². The Balaban J connectivity index is 1.33. The Morgan fingerprint density at radius 3 is 2.69 bits per heavy atom. The molecule has 4 aromatic rings. The van der Waals surface area contributed by atoms with Crippen LogP contribution in [0.1, 0.15) is 37.1 Å². The number of fused-ring (bicyclic) bond motifs is 1. The summed E-state index contributed by atoms with van der Waals surface area (Å²) in [5, 5.41) is 14.2. The molecule has 1 aliphatic rings. The van der Waals surface area contributed by atoms with Crippen molar-refractivity contribution in [1.82, 2.24) is 29.5 Å². The zero-order valence-electron chi connectivity index (χ0n) is 19.7. The summed E-state index contributed by atoms with van der Waals surface area (Å²) in [5.74, 6) is 0.705. The molecule has 3 heterocycles. The summed E-state index contributed by atoms with van der Waals surface area (Å²) in [4.78, 5) is 35.8. The first-order valence-corrected chi connectivity index (χ1v) is 12.2. The van der Waals surface area contributed by atoms with Crippen molar-refractivity contribution in [3.8, 4) is 0 Å². The van der Waals surface area contributed by atoms with E-state index in [9.17, 15) is 9.59 Å². The van der Waals surface area contributed by atoms with Crippen molar-refractivity contribution in [2.24, 2.45) is 0 Å². The van der Waals surface area contributed by atoms with Gasteiger partial charge in [-0.05, 0) is 51.0 Å². The number of aromatic amines is 1. The Kier molecular flexibility index (Phi) is 6.16. The summed E-state index contributed by atoms with van der Waals surface area (Å²) in [6.07, 6.45) is 4.33. The van der Waals surface area contributed by atoms with Gasteiger partial charge in [0.1, 0.15) is 10.7 Å². The van der Waals surface area contributed by atoms with Crippen LogP contribution >= 0.6 is 11.8 Å². The Bertz CT molecular complexity index is 1390. The topological polar surface area (TPSA) is 120 Å². The van der Waals surface area contributed by atoms with Crippen LogP contribution in [0.2, 0.25) is 0 Å². The fourth-order valence-electron chi connectivity index (χ4n) is 3.58. The van der Waals surface area contributed by atoms with E-state index in [4.69, 9.17) is 4.98 Å². The third kappa shape index (κ3) is 5.14. The lowest BCUT2D eigenvalue weighted by atomic mass is 10.3. The molecule has 0 atom stereocenters. The number of aryl methyl sites for hydroxylation is 1. The van der Waals surface area contributed by atoms with Gasteiger partial charge in [-0.25, -0.2) is 9.97 Å². The van der Waals surface area contributed by atoms with Gasteiger partial charge in [0.05, 0.1) is 5.69 Å². The summed E-state index contributed by atoms with van der Waals surface area (Å²) >= 11 is 1.48. The Hall–Kier alpha value is -3.86. The maximum absolute atomic E-state index is 12.1. The summed E-state index contributed by atoms with van der Waals surface area (Å²) in [5.41, 5.74) is 3.37. The lowest BCUT2D eigenvalue weighted by molar-refractivity contribution is -0.142. The van der Waals surface area contributed by atoms with E-state index in [1.807, 2.05) is 48.7 Å². The van der Waals surface area contributed by atoms with Crippen LogP contribution in [0.25, 0.3) is 5.65 Å². The number of carbonyl (C=O) groups is 2. The number of nitrogens with one attached hydrogen (secondary N) is 3. The lowest BCUT2D eigenvalue weighted by Crippen LogP contribution is -2.36. The van der Waals surface area contributed by atoms with Gasteiger partial charge in [-0.2, -0.15) is 5.10 Å². The van der Waals surface area contributed by atoms with Gasteiger partial charge in [0.25, 0.3) is 0 Å². The minimum absolute atomic E-state index is 0.466. The van der Waals surface area contributed by atoms with Gasteiger partial charge in [0.15, 0.2) is 5.82 Å². The van der Waals surface area contributed by atoms with Gasteiger partial charge in [0.2, 0.25) is 5.95 Å². The average Bonchev–Trinajstić information content (AvgIpc) is 3.47. The highest BCUT2D eigenvalue weighted by atomic mass is 32.2. The molecule has 1 aliphatic carbocycles. The summed E-state index contributed by atoms with van der Waals surface area (Å²) < 4.78 is 1.91. The van der Waals surface area contributed by atoms with Crippen LogP contribution in [0.3, 0.4) is 0 Å². The highest BCUT2D eigenvalue weighted by Gasteiger charge is 2.25. The molecule has 0 saturated heterocycles. The van der Waals surface area contributed by atoms with E-state index in [0.29, 0.717) is 24.1 Å². The van der Waals surface area contributed by atoms with Gasteiger partial charge in [-0.3, -0.25) is 19.1 Å². The highest BCUT2D eigenvalue weighted by molar-refractivity contribution is 7.99. The van der Waals surface area contributed by atoms with Crippen molar-refractivity contribution >= 4 is 46.7 Å². The van der Waals surface area contributed by atoms with E-state index >= 15 is 0 Å². The molecule has 3 aromatic heterocycles. The minimum Gasteiger partial charge on any atom is -0.338 e. The summed E-state index contributed by atoms with van der Waals surface area (Å²) in [7, 11) is 1.59. The first-order chi connectivity index (χ1) is 16.9. The number of anilines is 3. The number of hydrogen-bond acceptors (Lipinski definition) is 7. The second kappa shape index (κ2) is 9.41. The van der Waals surface area contributed by atoms with Crippen LogP contribution in [0.5, 0.6) is 0 Å². The van der Waals surface area contributed by atoms with E-state index in [1.54, 1.807) is 19.2 Å². The molecule has 0 radical (unpaired) electrons. The molecule has 11 heteroatoms. The lowest BCUT2D eigenvalue weighted by Gasteiger charge is -2.14. The molecule has 0 bridgehead atoms. The zero-order chi connectivity index (χ0) is 24.5. The van der Waals surface area contributed by atoms with E-state index in [1.165, 1.54) is 29.5 Å². The number of benzene rings is 1. The number of H-pyrrole nitrogens is 1. The Morgan fingerprint density at radius 1 is 1.20 bits per heavy atom. The number of carbonyl (C=O) groups excluding carboxylic acids is 2. The van der Waals surface area contributed by atoms with Crippen LogP contribution in [0.15, 0.2) is 52.5 Å². The SMILES string of the molecule is CCN(C)C(=O)C(=O)Nc1ccc(Sc2cc3nc(C)cn3c(Nc3cc(C4CC4)[nH]n3)n2)cc1. The van der Waals surface area contributed by atoms with Crippen molar-refractivity contribution in [2.45, 2.75) is 42.5 Å². The van der Waals surface area contributed by atoms with Crippen LogP contribution in [0, 0.1) is 6.92 Å². The Labute approximate surface area is 206 Å². The second-order valence-corrected chi connectivity index (χ2v) is 9.63. The maximum Gasteiger partial charge on any atom is 0.313 e. The van der Waals surface area contributed by atoms with Gasteiger partial charge < -0.3 is 15.5 Å². The van der Waals surface area contributed by atoms with E-state index < -0.39 is 11.8 Å². The molecule has 1 saturated carbocycles. The number of rotatable bonds is 7. The fraction of sp³-hybridized carbons (Fsp3) is 0.292. The molecule has 5 rings (SSSR count). The van der Waals surface area contributed by atoms with E-state index in [-0.39, 0.29) is 0 Å². The second-order valence-electron chi connectivity index (χ2n) is 8.54. The molecule has 180 valence electrons. The van der Waals surface area contributed by atoms with Crippen LogP contribution < -0.4 is 10.6 Å². The third-order valence-electron chi connectivity index (χ3n) is 5.76. The van der Waals surface area contributed by atoms with Gasteiger partial charge >= 0.3 is 11.8 Å². The Morgan fingerprint density at radius 2 is 1.97 bits per heavy atom. The zero-order valence-corrected chi connectivity index (χ0v) is 20.5. The fourth-order valence-corrected chi connectivity index (χ4v) is 4.39. The highest BCUT2D eigenvalue weighted by Crippen LogP contribution is 2.39. The third-order valence-corrected chi connectivity index (χ3v) is 6.68. The largest absolute Gasteiger partial charge is 0.338 e. The number of hydrogen-bond donors (Lipinski definition) is 3. The molecule has 0 unspecified atom stereocenters. The quantitative estimate of drug-likeness (QED) is 0.265. The van der Waals surface area contributed by atoms with Gasteiger partial charge in [-0.1, -0.05) is 11.8 Å². The number of amides is 2. The predicted octanol–water partition coefficient (Wildman–Crippen LogP) is 3.95. The molecule has 35 heavy (non-hydrogen) atoms. The summed E-state index contributed by atoms with van der Waals surface area (Å²) in [6, 6.07) is 11.2. The first-order valence-electron chi connectivity index (χ1n) is 11.4. The van der Waals surface area contributed by atoms with Crippen molar-refractivity contribution in [3.63, 3.8) is 0 Å². The molecular formula is C24H26N8O2S. The average molecular weight is 491 g/mol. The number of aromatic nitrogens is 5. The molecule has 3 N–H and O–H groups in total. The molecule has 0 spiro atoms. The monoisotopic (exact) mass is 490 g/mol. The van der Waals surface area contributed by atoms with E-state index in [0.717, 1.165) is 32.8 Å². The standard InChI is InChI=1S/C24H26N8O2S/c1-4-31(3)23(34)22(33)26-16-7-9-17(10-8-16)35-21-12-20-25-14(2)13-32(20)24(28-21)27-19-11-18(29-30-19)15-5-6-15/h7-13,15H,4-6H2,1-3H3,(H,26,33)(H2,27,28,29,30). The molecule has 2 amide bonds. The molecule has 0 aliphatic heterocycles. The van der Waals surface area contributed by atoms with Crippen LogP contribution in [-0.2, 0) is 9.59 Å². The molecule has 1 aromatic carbocycles. The molecule has 1 fully saturated rings. The smallest absolute Gasteiger partial charge is 0.313 e. The van der Waals surface area contributed by atoms with Crippen LogP contribution in [-0.4, -0.2) is 54.9 Å². The van der Waals surface area contributed by atoms with Crippen molar-refractivity contribution < 1.29 is 9.59 Å². The first kappa shape index (κ1) is 22.9. The number of imidazole rings is 1. The molecular weight excluding hydrogens is 464 g/mol.